The Labute approximate surface area is 189 Å². The Kier molecular flexibility index (Phi) is 5.36. The zero-order valence-corrected chi connectivity index (χ0v) is 18.5. The summed E-state index contributed by atoms with van der Waals surface area (Å²) in [7, 11) is 0. The Bertz CT molecular complexity index is 1390. The molecule has 0 unspecified atom stereocenters. The highest BCUT2D eigenvalue weighted by Gasteiger charge is 2.18. The minimum absolute atomic E-state index is 0.0657. The van der Waals surface area contributed by atoms with E-state index in [1.807, 2.05) is 62.4 Å². The Morgan fingerprint density at radius 1 is 1.09 bits per heavy atom. The topological polar surface area (TPSA) is 78.7 Å². The molecule has 4 aromatic heterocycles. The van der Waals surface area contributed by atoms with Crippen LogP contribution in [-0.4, -0.2) is 35.9 Å². The molecule has 0 spiro atoms. The maximum Gasteiger partial charge on any atom is 0.174 e. The number of hydrogen-bond acceptors (Lipinski definition) is 6. The highest BCUT2D eigenvalue weighted by molar-refractivity contribution is 8.00. The molecule has 1 aromatic carbocycles. The number of carbonyl (C=O) groups is 1. The number of Topliss-reactive ketones (excluding diaryl/α,β-unsaturated/α-hetero) is 1. The number of fused-ring (bicyclic) bond motifs is 1. The van der Waals surface area contributed by atoms with Crippen LogP contribution in [0.4, 0.5) is 0 Å². The fraction of sp³-hybridized carbons (Fsp3) is 0.167. The number of carbonyl (C=O) groups excluding carboxylic acids is 1. The fourth-order valence-corrected chi connectivity index (χ4v) is 4.64. The van der Waals surface area contributed by atoms with E-state index in [0.29, 0.717) is 6.54 Å². The van der Waals surface area contributed by atoms with Gasteiger partial charge in [0.15, 0.2) is 11.4 Å². The van der Waals surface area contributed by atoms with Gasteiger partial charge in [0.1, 0.15) is 17.1 Å². The van der Waals surface area contributed by atoms with Gasteiger partial charge in [-0.2, -0.15) is 5.10 Å². The lowest BCUT2D eigenvalue weighted by atomic mass is 10.2. The molecular formula is C24H21N5O2S. The van der Waals surface area contributed by atoms with Crippen LogP contribution in [0.3, 0.4) is 0 Å². The predicted octanol–water partition coefficient (Wildman–Crippen LogP) is 4.85. The minimum atomic E-state index is 0.0657. The van der Waals surface area contributed by atoms with Crippen molar-refractivity contribution in [2.75, 3.05) is 5.75 Å². The average Bonchev–Trinajstić information content (AvgIpc) is 3.54. The number of thioether (sulfide) groups is 1. The normalized spacial score (nSPS) is 11.3. The SMILES string of the molecule is Cc1cc(C(=O)CSc2ncnc3c2cnn3-c2ccccc2)c(C)n1Cc1ccco1. The summed E-state index contributed by atoms with van der Waals surface area (Å²) in [6.45, 7) is 4.59. The zero-order valence-electron chi connectivity index (χ0n) is 17.7. The maximum atomic E-state index is 13.0. The van der Waals surface area contributed by atoms with Gasteiger partial charge in [0.25, 0.3) is 0 Å². The van der Waals surface area contributed by atoms with Crippen LogP contribution in [0, 0.1) is 13.8 Å². The highest BCUT2D eigenvalue weighted by Crippen LogP contribution is 2.27. The van der Waals surface area contributed by atoms with Gasteiger partial charge < -0.3 is 8.98 Å². The summed E-state index contributed by atoms with van der Waals surface area (Å²) in [4.78, 5) is 21.9. The van der Waals surface area contributed by atoms with Gasteiger partial charge in [-0.05, 0) is 44.2 Å². The molecule has 0 atom stereocenters. The number of furan rings is 1. The van der Waals surface area contributed by atoms with Crippen LogP contribution in [-0.2, 0) is 6.54 Å². The first-order valence-electron chi connectivity index (χ1n) is 10.2. The molecule has 0 bridgehead atoms. The van der Waals surface area contributed by atoms with Crippen LogP contribution in [0.2, 0.25) is 0 Å². The van der Waals surface area contributed by atoms with Crippen LogP contribution in [0.25, 0.3) is 16.7 Å². The van der Waals surface area contributed by atoms with E-state index in [2.05, 4.69) is 19.6 Å². The maximum absolute atomic E-state index is 13.0. The van der Waals surface area contributed by atoms with Gasteiger partial charge in [0.2, 0.25) is 0 Å². The van der Waals surface area contributed by atoms with E-state index in [4.69, 9.17) is 4.42 Å². The number of aromatic nitrogens is 5. The summed E-state index contributed by atoms with van der Waals surface area (Å²) in [5, 5.41) is 6.06. The second kappa shape index (κ2) is 8.47. The van der Waals surface area contributed by atoms with E-state index < -0.39 is 0 Å². The largest absolute Gasteiger partial charge is 0.467 e. The summed E-state index contributed by atoms with van der Waals surface area (Å²) < 4.78 is 9.35. The Morgan fingerprint density at radius 3 is 2.72 bits per heavy atom. The van der Waals surface area contributed by atoms with Gasteiger partial charge in [0.05, 0.1) is 35.8 Å². The van der Waals surface area contributed by atoms with Crippen molar-refractivity contribution in [2.45, 2.75) is 25.4 Å². The summed E-state index contributed by atoms with van der Waals surface area (Å²) in [5.74, 6) is 1.21. The molecule has 5 aromatic rings. The molecule has 32 heavy (non-hydrogen) atoms. The van der Waals surface area contributed by atoms with Crippen molar-refractivity contribution in [2.24, 2.45) is 0 Å². The second-order valence-corrected chi connectivity index (χ2v) is 8.43. The van der Waals surface area contributed by atoms with Gasteiger partial charge in [-0.15, -0.1) is 0 Å². The third kappa shape index (κ3) is 3.73. The van der Waals surface area contributed by atoms with Crippen LogP contribution in [0.1, 0.15) is 27.5 Å². The number of ketones is 1. The minimum Gasteiger partial charge on any atom is -0.467 e. The molecule has 0 saturated heterocycles. The van der Waals surface area contributed by atoms with Crippen molar-refractivity contribution in [3.05, 3.63) is 90.0 Å². The second-order valence-electron chi connectivity index (χ2n) is 7.47. The molecule has 5 rings (SSSR count). The number of benzene rings is 1. The van der Waals surface area contributed by atoms with Crippen molar-refractivity contribution in [1.29, 1.82) is 0 Å². The van der Waals surface area contributed by atoms with Crippen molar-refractivity contribution < 1.29 is 9.21 Å². The van der Waals surface area contributed by atoms with Gasteiger partial charge in [0, 0.05) is 17.0 Å². The fourth-order valence-electron chi connectivity index (χ4n) is 3.79. The van der Waals surface area contributed by atoms with E-state index in [9.17, 15) is 4.79 Å². The number of rotatable bonds is 7. The smallest absolute Gasteiger partial charge is 0.174 e. The van der Waals surface area contributed by atoms with E-state index in [0.717, 1.165) is 44.5 Å². The first kappa shape index (κ1) is 20.3. The van der Waals surface area contributed by atoms with Gasteiger partial charge in [-0.1, -0.05) is 30.0 Å². The molecule has 0 radical (unpaired) electrons. The summed E-state index contributed by atoms with van der Waals surface area (Å²) in [5.41, 5.74) is 4.34. The summed E-state index contributed by atoms with van der Waals surface area (Å²) >= 11 is 1.41. The van der Waals surface area contributed by atoms with Crippen molar-refractivity contribution in [3.8, 4) is 5.69 Å². The van der Waals surface area contributed by atoms with Gasteiger partial charge in [-0.3, -0.25) is 4.79 Å². The Balaban J connectivity index is 1.36. The van der Waals surface area contributed by atoms with Crippen molar-refractivity contribution in [3.63, 3.8) is 0 Å². The van der Waals surface area contributed by atoms with Gasteiger partial charge >= 0.3 is 0 Å². The first-order valence-corrected chi connectivity index (χ1v) is 11.2. The van der Waals surface area contributed by atoms with Crippen LogP contribution >= 0.6 is 11.8 Å². The third-order valence-electron chi connectivity index (χ3n) is 5.44. The van der Waals surface area contributed by atoms with Crippen LogP contribution in [0.15, 0.2) is 76.8 Å². The molecule has 0 amide bonds. The van der Waals surface area contributed by atoms with Gasteiger partial charge in [-0.25, -0.2) is 14.6 Å². The lowest BCUT2D eigenvalue weighted by Crippen LogP contribution is -2.07. The Morgan fingerprint density at radius 2 is 1.94 bits per heavy atom. The molecule has 7 nitrogen and oxygen atoms in total. The number of nitrogens with zero attached hydrogens (tertiary/aromatic N) is 5. The van der Waals surface area contributed by atoms with E-state index in [-0.39, 0.29) is 11.5 Å². The molecule has 0 N–H and O–H groups in total. The molecule has 8 heteroatoms. The highest BCUT2D eigenvalue weighted by atomic mass is 32.2. The number of hydrogen-bond donors (Lipinski definition) is 0. The molecule has 160 valence electrons. The number of aryl methyl sites for hydroxylation is 1. The summed E-state index contributed by atoms with van der Waals surface area (Å²) in [6, 6.07) is 15.6. The van der Waals surface area contributed by atoms with Crippen molar-refractivity contribution in [1.82, 2.24) is 24.3 Å². The summed E-state index contributed by atoms with van der Waals surface area (Å²) in [6.07, 6.45) is 4.93. The first-order chi connectivity index (χ1) is 15.6. The van der Waals surface area contributed by atoms with Crippen LogP contribution in [0.5, 0.6) is 0 Å². The lowest BCUT2D eigenvalue weighted by Gasteiger charge is -2.08. The molecular weight excluding hydrogens is 422 g/mol. The molecule has 0 saturated carbocycles. The molecule has 4 heterocycles. The molecule has 0 aliphatic heterocycles. The lowest BCUT2D eigenvalue weighted by molar-refractivity contribution is 0.102. The average molecular weight is 444 g/mol. The third-order valence-corrected chi connectivity index (χ3v) is 6.44. The Hall–Kier alpha value is -3.65. The van der Waals surface area contributed by atoms with E-state index >= 15 is 0 Å². The zero-order chi connectivity index (χ0) is 22.1. The molecule has 0 aliphatic rings. The van der Waals surface area contributed by atoms with E-state index in [1.54, 1.807) is 17.1 Å². The monoisotopic (exact) mass is 443 g/mol. The van der Waals surface area contributed by atoms with Crippen LogP contribution < -0.4 is 0 Å². The number of para-hydroxylation sites is 1. The van der Waals surface area contributed by atoms with Crippen molar-refractivity contribution >= 4 is 28.6 Å². The standard InChI is InChI=1S/C24H21N5O2S/c1-16-11-20(17(2)28(16)13-19-9-6-10-31-19)22(30)14-32-24-21-12-27-29(23(21)25-15-26-24)18-7-4-3-5-8-18/h3-12,15H,13-14H2,1-2H3. The predicted molar refractivity (Wildman–Crippen MR) is 123 cm³/mol. The molecule has 0 fully saturated rings. The van der Waals surface area contributed by atoms with E-state index in [1.165, 1.54) is 18.1 Å². The molecule has 0 aliphatic carbocycles. The quantitative estimate of drug-likeness (QED) is 0.203.